The van der Waals surface area contributed by atoms with Gasteiger partial charge in [0.1, 0.15) is 0 Å². The molecule has 0 heterocycles. The van der Waals surface area contributed by atoms with E-state index < -0.39 is 6.09 Å². The SMILES string of the molecule is COC(=O)NCC(C)(C)c1ccc(Cl)cc1Cl. The van der Waals surface area contributed by atoms with Crippen LogP contribution in [-0.4, -0.2) is 19.7 Å². The summed E-state index contributed by atoms with van der Waals surface area (Å²) < 4.78 is 4.53. The molecule has 17 heavy (non-hydrogen) atoms. The van der Waals surface area contributed by atoms with Crippen molar-refractivity contribution in [1.29, 1.82) is 0 Å². The lowest BCUT2D eigenvalue weighted by molar-refractivity contribution is 0.168. The molecule has 0 atom stereocenters. The molecule has 0 spiro atoms. The fourth-order valence-electron chi connectivity index (χ4n) is 1.50. The van der Waals surface area contributed by atoms with Crippen molar-refractivity contribution in [3.05, 3.63) is 33.8 Å². The van der Waals surface area contributed by atoms with Crippen LogP contribution in [-0.2, 0) is 10.2 Å². The number of carbonyl (C=O) groups is 1. The number of benzene rings is 1. The van der Waals surface area contributed by atoms with Crippen LogP contribution in [0.3, 0.4) is 0 Å². The van der Waals surface area contributed by atoms with Crippen molar-refractivity contribution < 1.29 is 9.53 Å². The van der Waals surface area contributed by atoms with Gasteiger partial charge in [0, 0.05) is 22.0 Å². The van der Waals surface area contributed by atoms with Gasteiger partial charge in [-0.1, -0.05) is 43.1 Å². The molecule has 0 aliphatic heterocycles. The topological polar surface area (TPSA) is 38.3 Å². The Morgan fingerprint density at radius 3 is 2.59 bits per heavy atom. The number of hydrogen-bond acceptors (Lipinski definition) is 2. The van der Waals surface area contributed by atoms with Crippen LogP contribution in [0, 0.1) is 0 Å². The van der Waals surface area contributed by atoms with Gasteiger partial charge in [-0.15, -0.1) is 0 Å². The van der Waals surface area contributed by atoms with Crippen LogP contribution in [0.1, 0.15) is 19.4 Å². The number of nitrogens with one attached hydrogen (secondary N) is 1. The molecule has 0 aliphatic carbocycles. The quantitative estimate of drug-likeness (QED) is 0.915. The first-order valence-corrected chi connectivity index (χ1v) is 5.90. The molecule has 5 heteroatoms. The summed E-state index contributed by atoms with van der Waals surface area (Å²) in [5.74, 6) is 0. The van der Waals surface area contributed by atoms with Gasteiger partial charge in [0.15, 0.2) is 0 Å². The molecule has 1 N–H and O–H groups in total. The maximum Gasteiger partial charge on any atom is 0.406 e. The van der Waals surface area contributed by atoms with Gasteiger partial charge < -0.3 is 10.1 Å². The Morgan fingerprint density at radius 1 is 1.41 bits per heavy atom. The van der Waals surface area contributed by atoms with Crippen LogP contribution in [0.15, 0.2) is 18.2 Å². The smallest absolute Gasteiger partial charge is 0.406 e. The maximum absolute atomic E-state index is 11.0. The third-order valence-electron chi connectivity index (χ3n) is 2.52. The summed E-state index contributed by atoms with van der Waals surface area (Å²) in [6.45, 7) is 4.40. The van der Waals surface area contributed by atoms with E-state index in [1.54, 1.807) is 12.1 Å². The van der Waals surface area contributed by atoms with Gasteiger partial charge in [0.25, 0.3) is 0 Å². The normalized spacial score (nSPS) is 11.1. The van der Waals surface area contributed by atoms with Crippen LogP contribution in [0.25, 0.3) is 0 Å². The number of carbonyl (C=O) groups excluding carboxylic acids is 1. The molecule has 1 aromatic carbocycles. The van der Waals surface area contributed by atoms with Crippen LogP contribution < -0.4 is 5.32 Å². The average Bonchev–Trinajstić information content (AvgIpc) is 2.25. The predicted octanol–water partition coefficient (Wildman–Crippen LogP) is 3.63. The molecule has 3 nitrogen and oxygen atoms in total. The molecular weight excluding hydrogens is 261 g/mol. The van der Waals surface area contributed by atoms with Gasteiger partial charge >= 0.3 is 6.09 Å². The van der Waals surface area contributed by atoms with Crippen molar-refractivity contribution in [2.24, 2.45) is 0 Å². The molecule has 0 saturated heterocycles. The van der Waals surface area contributed by atoms with Gasteiger partial charge in [0.05, 0.1) is 7.11 Å². The number of rotatable bonds is 3. The molecule has 94 valence electrons. The molecule has 1 rings (SSSR count). The van der Waals surface area contributed by atoms with E-state index in [2.05, 4.69) is 10.1 Å². The lowest BCUT2D eigenvalue weighted by Crippen LogP contribution is -2.36. The fourth-order valence-corrected chi connectivity index (χ4v) is 2.16. The minimum atomic E-state index is -0.455. The number of amides is 1. The molecule has 0 saturated carbocycles. The minimum absolute atomic E-state index is 0.296. The zero-order chi connectivity index (χ0) is 13.1. The van der Waals surface area contributed by atoms with E-state index in [0.717, 1.165) is 5.56 Å². The van der Waals surface area contributed by atoms with E-state index in [4.69, 9.17) is 23.2 Å². The highest BCUT2D eigenvalue weighted by Crippen LogP contribution is 2.31. The number of alkyl carbamates (subject to hydrolysis) is 1. The Bertz CT molecular complexity index is 419. The molecule has 0 bridgehead atoms. The first-order valence-electron chi connectivity index (χ1n) is 5.14. The Morgan fingerprint density at radius 2 is 2.06 bits per heavy atom. The average molecular weight is 276 g/mol. The monoisotopic (exact) mass is 275 g/mol. The van der Waals surface area contributed by atoms with E-state index in [1.807, 2.05) is 19.9 Å². The molecule has 0 fully saturated rings. The minimum Gasteiger partial charge on any atom is -0.453 e. The van der Waals surface area contributed by atoms with Crippen LogP contribution in [0.4, 0.5) is 4.79 Å². The van der Waals surface area contributed by atoms with Gasteiger partial charge in [-0.3, -0.25) is 0 Å². The van der Waals surface area contributed by atoms with Crippen molar-refractivity contribution in [2.45, 2.75) is 19.3 Å². The molecule has 0 aliphatic rings. The molecule has 0 unspecified atom stereocenters. The predicted molar refractivity (Wildman–Crippen MR) is 69.9 cm³/mol. The molecule has 0 radical (unpaired) electrons. The van der Waals surface area contributed by atoms with Gasteiger partial charge in [0.2, 0.25) is 0 Å². The summed E-state index contributed by atoms with van der Waals surface area (Å²) in [5.41, 5.74) is 0.635. The van der Waals surface area contributed by atoms with Crippen LogP contribution in [0.5, 0.6) is 0 Å². The zero-order valence-electron chi connectivity index (χ0n) is 10.0. The summed E-state index contributed by atoms with van der Waals surface area (Å²) in [4.78, 5) is 11.0. The summed E-state index contributed by atoms with van der Waals surface area (Å²) in [7, 11) is 1.33. The second-order valence-electron chi connectivity index (χ2n) is 4.35. The maximum atomic E-state index is 11.0. The van der Waals surface area contributed by atoms with Crippen molar-refractivity contribution in [3.63, 3.8) is 0 Å². The first-order chi connectivity index (χ1) is 7.86. The van der Waals surface area contributed by atoms with E-state index >= 15 is 0 Å². The second kappa shape index (κ2) is 5.61. The highest BCUT2D eigenvalue weighted by Gasteiger charge is 2.24. The van der Waals surface area contributed by atoms with Crippen molar-refractivity contribution in [1.82, 2.24) is 5.32 Å². The summed E-state index contributed by atoms with van der Waals surface area (Å²) in [6.07, 6.45) is -0.455. The summed E-state index contributed by atoms with van der Waals surface area (Å²) in [6, 6.07) is 5.34. The standard InChI is InChI=1S/C12H15Cl2NO2/c1-12(2,7-15-11(16)17-3)9-5-4-8(13)6-10(9)14/h4-6H,7H2,1-3H3,(H,15,16). The molecule has 1 aromatic rings. The van der Waals surface area contributed by atoms with E-state index in [1.165, 1.54) is 7.11 Å². The number of hydrogen-bond donors (Lipinski definition) is 1. The number of halogens is 2. The lowest BCUT2D eigenvalue weighted by Gasteiger charge is -2.26. The van der Waals surface area contributed by atoms with Crippen molar-refractivity contribution in [2.75, 3.05) is 13.7 Å². The Balaban J connectivity index is 2.85. The second-order valence-corrected chi connectivity index (χ2v) is 5.20. The first kappa shape index (κ1) is 14.1. The summed E-state index contributed by atoms with van der Waals surface area (Å²) in [5, 5.41) is 3.84. The third-order valence-corrected chi connectivity index (χ3v) is 3.07. The van der Waals surface area contributed by atoms with Gasteiger partial charge in [-0.2, -0.15) is 0 Å². The van der Waals surface area contributed by atoms with Crippen molar-refractivity contribution >= 4 is 29.3 Å². The highest BCUT2D eigenvalue weighted by molar-refractivity contribution is 6.35. The zero-order valence-corrected chi connectivity index (χ0v) is 11.5. The van der Waals surface area contributed by atoms with E-state index in [-0.39, 0.29) is 5.41 Å². The van der Waals surface area contributed by atoms with Gasteiger partial charge in [-0.25, -0.2) is 4.79 Å². The van der Waals surface area contributed by atoms with Crippen molar-refractivity contribution in [3.8, 4) is 0 Å². The van der Waals surface area contributed by atoms with Gasteiger partial charge in [-0.05, 0) is 17.7 Å². The summed E-state index contributed by atoms with van der Waals surface area (Å²) >= 11 is 12.0. The van der Waals surface area contributed by atoms with E-state index in [0.29, 0.717) is 16.6 Å². The molecule has 0 aromatic heterocycles. The fraction of sp³-hybridized carbons (Fsp3) is 0.417. The largest absolute Gasteiger partial charge is 0.453 e. The Labute approximate surface area is 111 Å². The van der Waals surface area contributed by atoms with E-state index in [9.17, 15) is 4.79 Å². The van der Waals surface area contributed by atoms with Crippen LogP contribution >= 0.6 is 23.2 Å². The number of ether oxygens (including phenoxy) is 1. The Hall–Kier alpha value is -0.930. The molecule has 1 amide bonds. The highest BCUT2D eigenvalue weighted by atomic mass is 35.5. The third kappa shape index (κ3) is 3.79. The Kier molecular flexibility index (Phi) is 4.66. The van der Waals surface area contributed by atoms with Crippen LogP contribution in [0.2, 0.25) is 10.0 Å². The molecular formula is C12H15Cl2NO2. The lowest BCUT2D eigenvalue weighted by atomic mass is 9.84. The number of methoxy groups -OCH3 is 1.